The van der Waals surface area contributed by atoms with Crippen LogP contribution in [0.25, 0.3) is 0 Å². The summed E-state index contributed by atoms with van der Waals surface area (Å²) in [5, 5.41) is 0. The van der Waals surface area contributed by atoms with Crippen molar-refractivity contribution in [3.8, 4) is 11.5 Å². The number of methoxy groups -OCH3 is 1. The van der Waals surface area contributed by atoms with E-state index in [4.69, 9.17) is 9.47 Å². The lowest BCUT2D eigenvalue weighted by atomic mass is 10.2. The Morgan fingerprint density at radius 2 is 1.48 bits per heavy atom. The lowest BCUT2D eigenvalue weighted by molar-refractivity contribution is -0.139. The summed E-state index contributed by atoms with van der Waals surface area (Å²) in [4.78, 5) is 14.6. The molecule has 1 fully saturated rings. The second kappa shape index (κ2) is 8.84. The number of benzene rings is 2. The quantitative estimate of drug-likeness (QED) is 0.720. The molecule has 0 spiro atoms. The molecule has 7 nitrogen and oxygen atoms in total. The number of carbonyl (C=O) groups is 1. The van der Waals surface area contributed by atoms with Gasteiger partial charge in [-0.05, 0) is 50.2 Å². The van der Waals surface area contributed by atoms with Crippen LogP contribution < -0.4 is 9.47 Å². The maximum Gasteiger partial charge on any atom is 0.263 e. The SMILES string of the molecule is COc1ccc(OC(C)C(=O)N2CCN(S(=O)(=O)c3ccc(C)cc3)CC2)cc1. The highest BCUT2D eigenvalue weighted by atomic mass is 32.2. The van der Waals surface area contributed by atoms with Crippen LogP contribution in [0.4, 0.5) is 0 Å². The van der Waals surface area contributed by atoms with Crippen molar-refractivity contribution < 1.29 is 22.7 Å². The molecule has 8 heteroatoms. The van der Waals surface area contributed by atoms with Gasteiger partial charge in [0.15, 0.2) is 6.10 Å². The zero-order valence-electron chi connectivity index (χ0n) is 16.9. The molecule has 0 bridgehead atoms. The van der Waals surface area contributed by atoms with Crippen LogP contribution in [-0.2, 0) is 14.8 Å². The van der Waals surface area contributed by atoms with E-state index in [1.54, 1.807) is 67.5 Å². The molecule has 1 aliphatic heterocycles. The van der Waals surface area contributed by atoms with Crippen molar-refractivity contribution in [2.24, 2.45) is 0 Å². The van der Waals surface area contributed by atoms with Crippen LogP contribution in [0.5, 0.6) is 11.5 Å². The number of ether oxygens (including phenoxy) is 2. The van der Waals surface area contributed by atoms with Crippen molar-refractivity contribution in [2.75, 3.05) is 33.3 Å². The normalized spacial score (nSPS) is 16.3. The molecular formula is C21H26N2O5S. The minimum Gasteiger partial charge on any atom is -0.497 e. The van der Waals surface area contributed by atoms with Crippen LogP contribution in [0.15, 0.2) is 53.4 Å². The van der Waals surface area contributed by atoms with E-state index >= 15 is 0 Å². The fourth-order valence-electron chi connectivity index (χ4n) is 3.17. The molecule has 0 aromatic heterocycles. The molecule has 0 saturated carbocycles. The van der Waals surface area contributed by atoms with Gasteiger partial charge in [-0.15, -0.1) is 0 Å². The largest absolute Gasteiger partial charge is 0.497 e. The van der Waals surface area contributed by atoms with Gasteiger partial charge < -0.3 is 14.4 Å². The van der Waals surface area contributed by atoms with E-state index in [-0.39, 0.29) is 23.9 Å². The van der Waals surface area contributed by atoms with E-state index in [0.29, 0.717) is 24.6 Å². The zero-order chi connectivity index (χ0) is 21.0. The first-order chi connectivity index (χ1) is 13.8. The van der Waals surface area contributed by atoms with Crippen molar-refractivity contribution in [2.45, 2.75) is 24.8 Å². The molecule has 2 aromatic rings. The van der Waals surface area contributed by atoms with Crippen LogP contribution in [0, 0.1) is 6.92 Å². The molecule has 1 aliphatic rings. The Hall–Kier alpha value is -2.58. The van der Waals surface area contributed by atoms with Gasteiger partial charge in [-0.3, -0.25) is 4.79 Å². The number of amides is 1. The number of hydrogen-bond acceptors (Lipinski definition) is 5. The Balaban J connectivity index is 1.57. The molecule has 1 atom stereocenters. The van der Waals surface area contributed by atoms with Crippen LogP contribution in [-0.4, -0.2) is 62.9 Å². The second-order valence-electron chi connectivity index (χ2n) is 6.98. The Kier molecular flexibility index (Phi) is 6.44. The molecule has 1 unspecified atom stereocenters. The fourth-order valence-corrected chi connectivity index (χ4v) is 4.60. The van der Waals surface area contributed by atoms with Gasteiger partial charge in [0.2, 0.25) is 10.0 Å². The maximum absolute atomic E-state index is 12.8. The predicted octanol–water partition coefficient (Wildman–Crippen LogP) is 2.30. The van der Waals surface area contributed by atoms with Crippen molar-refractivity contribution >= 4 is 15.9 Å². The Bertz CT molecular complexity index is 934. The van der Waals surface area contributed by atoms with E-state index in [9.17, 15) is 13.2 Å². The molecule has 2 aromatic carbocycles. The summed E-state index contributed by atoms with van der Waals surface area (Å²) in [6, 6.07) is 13.8. The second-order valence-corrected chi connectivity index (χ2v) is 8.92. The first kappa shape index (κ1) is 21.1. The van der Waals surface area contributed by atoms with Gasteiger partial charge in [0.25, 0.3) is 5.91 Å². The molecule has 0 aliphatic carbocycles. The van der Waals surface area contributed by atoms with Crippen molar-refractivity contribution in [3.05, 3.63) is 54.1 Å². The summed E-state index contributed by atoms with van der Waals surface area (Å²) in [7, 11) is -1.97. The molecular weight excluding hydrogens is 392 g/mol. The summed E-state index contributed by atoms with van der Waals surface area (Å²) >= 11 is 0. The number of carbonyl (C=O) groups excluding carboxylic acids is 1. The highest BCUT2D eigenvalue weighted by molar-refractivity contribution is 7.89. The number of rotatable bonds is 6. The molecule has 29 heavy (non-hydrogen) atoms. The Morgan fingerprint density at radius 1 is 0.931 bits per heavy atom. The minimum absolute atomic E-state index is 0.159. The van der Waals surface area contributed by atoms with E-state index in [2.05, 4.69) is 0 Å². The topological polar surface area (TPSA) is 76.2 Å². The average Bonchev–Trinajstić information content (AvgIpc) is 2.74. The molecule has 0 radical (unpaired) electrons. The van der Waals surface area contributed by atoms with Gasteiger partial charge in [-0.25, -0.2) is 8.42 Å². The summed E-state index contributed by atoms with van der Waals surface area (Å²) in [6.45, 7) is 4.80. The highest BCUT2D eigenvalue weighted by Crippen LogP contribution is 2.21. The lowest BCUT2D eigenvalue weighted by Gasteiger charge is -2.35. The summed E-state index contributed by atoms with van der Waals surface area (Å²) in [5.41, 5.74) is 1.00. The van der Waals surface area contributed by atoms with Gasteiger partial charge in [0.1, 0.15) is 11.5 Å². The van der Waals surface area contributed by atoms with Crippen molar-refractivity contribution in [1.82, 2.24) is 9.21 Å². The van der Waals surface area contributed by atoms with Crippen LogP contribution in [0.2, 0.25) is 0 Å². The third-order valence-corrected chi connectivity index (χ3v) is 6.84. The summed E-state index contributed by atoms with van der Waals surface area (Å²) in [6.07, 6.45) is -0.663. The van der Waals surface area contributed by atoms with Gasteiger partial charge in [-0.2, -0.15) is 4.31 Å². The van der Waals surface area contributed by atoms with E-state index < -0.39 is 16.1 Å². The molecule has 156 valence electrons. The Labute approximate surface area is 171 Å². The fraction of sp³-hybridized carbons (Fsp3) is 0.381. The monoisotopic (exact) mass is 418 g/mol. The average molecular weight is 419 g/mol. The smallest absolute Gasteiger partial charge is 0.263 e. The lowest BCUT2D eigenvalue weighted by Crippen LogP contribution is -2.53. The van der Waals surface area contributed by atoms with E-state index in [1.165, 1.54) is 4.31 Å². The maximum atomic E-state index is 12.8. The molecule has 3 rings (SSSR count). The third-order valence-electron chi connectivity index (χ3n) is 4.93. The third kappa shape index (κ3) is 4.89. The van der Waals surface area contributed by atoms with Crippen LogP contribution in [0.3, 0.4) is 0 Å². The number of hydrogen-bond donors (Lipinski definition) is 0. The first-order valence-corrected chi connectivity index (χ1v) is 10.9. The first-order valence-electron chi connectivity index (χ1n) is 9.47. The van der Waals surface area contributed by atoms with Crippen molar-refractivity contribution in [1.29, 1.82) is 0 Å². The Morgan fingerprint density at radius 3 is 2.03 bits per heavy atom. The number of aryl methyl sites for hydroxylation is 1. The molecule has 1 saturated heterocycles. The van der Waals surface area contributed by atoms with E-state index in [1.807, 2.05) is 6.92 Å². The van der Waals surface area contributed by atoms with Gasteiger partial charge in [0, 0.05) is 26.2 Å². The minimum atomic E-state index is -3.55. The van der Waals surface area contributed by atoms with Gasteiger partial charge >= 0.3 is 0 Å². The number of sulfonamides is 1. The standard InChI is InChI=1S/C21H26N2O5S/c1-16-4-10-20(11-5-16)29(25,26)23-14-12-22(13-15-23)21(24)17(2)28-19-8-6-18(27-3)7-9-19/h4-11,17H,12-15H2,1-3H3. The van der Waals surface area contributed by atoms with E-state index in [0.717, 1.165) is 5.56 Å². The van der Waals surface area contributed by atoms with Crippen molar-refractivity contribution in [3.63, 3.8) is 0 Å². The molecule has 0 N–H and O–H groups in total. The molecule has 1 amide bonds. The summed E-state index contributed by atoms with van der Waals surface area (Å²) in [5.74, 6) is 1.13. The zero-order valence-corrected chi connectivity index (χ0v) is 17.7. The van der Waals surface area contributed by atoms with Crippen LogP contribution >= 0.6 is 0 Å². The molecule has 1 heterocycles. The highest BCUT2D eigenvalue weighted by Gasteiger charge is 2.32. The number of piperazine rings is 1. The van der Waals surface area contributed by atoms with Crippen LogP contribution in [0.1, 0.15) is 12.5 Å². The predicted molar refractivity (Wildman–Crippen MR) is 110 cm³/mol. The number of nitrogens with zero attached hydrogens (tertiary/aromatic N) is 2. The van der Waals surface area contributed by atoms with Gasteiger partial charge in [0.05, 0.1) is 12.0 Å². The van der Waals surface area contributed by atoms with Gasteiger partial charge in [-0.1, -0.05) is 17.7 Å². The summed E-state index contributed by atoms with van der Waals surface area (Å²) < 4.78 is 37.8.